The molecule has 200 valence electrons. The van der Waals surface area contributed by atoms with Gasteiger partial charge in [0.2, 0.25) is 0 Å². The number of anilines is 1. The lowest BCUT2D eigenvalue weighted by atomic mass is 9.75. The van der Waals surface area contributed by atoms with Crippen molar-refractivity contribution in [2.45, 2.75) is 39.0 Å². The van der Waals surface area contributed by atoms with Gasteiger partial charge in [-0.05, 0) is 73.1 Å². The van der Waals surface area contributed by atoms with Crippen molar-refractivity contribution in [3.05, 3.63) is 56.9 Å². The fourth-order valence-corrected chi connectivity index (χ4v) is 7.15. The van der Waals surface area contributed by atoms with Gasteiger partial charge in [-0.15, -0.1) is 22.7 Å². The monoisotopic (exact) mass is 551 g/mol. The summed E-state index contributed by atoms with van der Waals surface area (Å²) < 4.78 is 5.58. The van der Waals surface area contributed by atoms with Crippen LogP contribution in [-0.4, -0.2) is 54.1 Å². The summed E-state index contributed by atoms with van der Waals surface area (Å²) in [4.78, 5) is 32.6. The summed E-state index contributed by atoms with van der Waals surface area (Å²) in [5, 5.41) is 14.7. The van der Waals surface area contributed by atoms with Crippen LogP contribution in [-0.2, 0) is 0 Å². The second kappa shape index (κ2) is 11.4. The van der Waals surface area contributed by atoms with E-state index in [0.717, 1.165) is 41.4 Å². The lowest BCUT2D eigenvalue weighted by Gasteiger charge is -2.35. The van der Waals surface area contributed by atoms with Crippen molar-refractivity contribution in [1.29, 1.82) is 0 Å². The number of hydrogen-bond acceptors (Lipinski definition) is 7. The fourth-order valence-electron chi connectivity index (χ4n) is 5.60. The minimum Gasteiger partial charge on any atom is -0.495 e. The number of ether oxygens (including phenoxy) is 1. The molecule has 38 heavy (non-hydrogen) atoms. The van der Waals surface area contributed by atoms with E-state index in [2.05, 4.69) is 29.2 Å². The number of carboxylic acids is 1. The van der Waals surface area contributed by atoms with Crippen LogP contribution >= 0.6 is 22.7 Å². The second-order valence-corrected chi connectivity index (χ2v) is 12.1. The van der Waals surface area contributed by atoms with E-state index >= 15 is 0 Å². The van der Waals surface area contributed by atoms with Crippen LogP contribution in [0, 0.1) is 11.8 Å². The summed E-state index contributed by atoms with van der Waals surface area (Å²) in [6.07, 6.45) is 5.68. The molecule has 2 N–H and O–H groups in total. The van der Waals surface area contributed by atoms with Gasteiger partial charge in [0.05, 0.1) is 18.3 Å². The number of amides is 1. The van der Waals surface area contributed by atoms with Crippen LogP contribution < -0.4 is 10.1 Å². The Kier molecular flexibility index (Phi) is 7.97. The van der Waals surface area contributed by atoms with Gasteiger partial charge >= 0.3 is 5.97 Å². The van der Waals surface area contributed by atoms with Crippen LogP contribution in [0.3, 0.4) is 0 Å². The molecule has 0 spiro atoms. The molecule has 0 atom stereocenters. The first-order chi connectivity index (χ1) is 18.3. The average molecular weight is 552 g/mol. The van der Waals surface area contributed by atoms with Crippen LogP contribution in [0.1, 0.15) is 64.8 Å². The average Bonchev–Trinajstić information content (AvgIpc) is 3.60. The normalized spacial score (nSPS) is 20.4. The van der Waals surface area contributed by atoms with Gasteiger partial charge in [0, 0.05) is 28.9 Å². The number of methoxy groups -OCH3 is 1. The lowest BCUT2D eigenvalue weighted by molar-refractivity contribution is 0.0701. The Morgan fingerprint density at radius 3 is 2.66 bits per heavy atom. The molecule has 3 heterocycles. The van der Waals surface area contributed by atoms with Crippen LogP contribution in [0.15, 0.2) is 40.7 Å². The molecule has 7 nitrogen and oxygen atoms in total. The number of aromatic carboxylic acids is 1. The van der Waals surface area contributed by atoms with Crippen molar-refractivity contribution in [3.8, 4) is 16.2 Å². The Balaban J connectivity index is 1.50. The lowest BCUT2D eigenvalue weighted by Crippen LogP contribution is -2.31. The number of thiophene rings is 1. The molecule has 1 aliphatic heterocycles. The zero-order valence-corrected chi connectivity index (χ0v) is 23.6. The largest absolute Gasteiger partial charge is 0.495 e. The van der Waals surface area contributed by atoms with Crippen LogP contribution in [0.25, 0.3) is 16.0 Å². The molecular weight excluding hydrogens is 518 g/mol. The highest BCUT2D eigenvalue weighted by molar-refractivity contribution is 7.17. The minimum atomic E-state index is -0.890. The maximum Gasteiger partial charge on any atom is 0.346 e. The molecular formula is C29H33N3O4S2. The summed E-state index contributed by atoms with van der Waals surface area (Å²) in [5.74, 6) is 0.604. The van der Waals surface area contributed by atoms with Crippen molar-refractivity contribution in [3.63, 3.8) is 0 Å². The van der Waals surface area contributed by atoms with Gasteiger partial charge < -0.3 is 20.1 Å². The second-order valence-electron chi connectivity index (χ2n) is 10.3. The Hall–Kier alpha value is -3.01. The fraction of sp³-hybridized carbons (Fsp3) is 0.414. The van der Waals surface area contributed by atoms with E-state index in [1.54, 1.807) is 24.1 Å². The van der Waals surface area contributed by atoms with Crippen LogP contribution in [0.2, 0.25) is 0 Å². The molecule has 3 aromatic rings. The van der Waals surface area contributed by atoms with Crippen LogP contribution in [0.4, 0.5) is 5.69 Å². The van der Waals surface area contributed by atoms with Crippen molar-refractivity contribution in [2.75, 3.05) is 32.6 Å². The summed E-state index contributed by atoms with van der Waals surface area (Å²) >= 11 is 2.66. The molecule has 1 aromatic carbocycles. The smallest absolute Gasteiger partial charge is 0.346 e. The van der Waals surface area contributed by atoms with Gasteiger partial charge in [-0.2, -0.15) is 0 Å². The maximum atomic E-state index is 12.5. The summed E-state index contributed by atoms with van der Waals surface area (Å²) in [6.45, 7) is 4.16. The first-order valence-electron chi connectivity index (χ1n) is 13.0. The van der Waals surface area contributed by atoms with Gasteiger partial charge in [-0.1, -0.05) is 25.8 Å². The number of carbonyl (C=O) groups excluding carboxylic acids is 1. The first kappa shape index (κ1) is 26.6. The Morgan fingerprint density at radius 2 is 1.97 bits per heavy atom. The van der Waals surface area contributed by atoms with Gasteiger partial charge in [0.1, 0.15) is 16.3 Å². The number of benzene rings is 1. The molecule has 1 amide bonds. The SMILES string of the molecule is COc1cc(-c2cc(C3=C(C4CCC(C)CC4)CN(C)CC3)c(C(=O)O)s2)ccc1NC(=O)c1cscn1. The molecule has 2 aromatic heterocycles. The van der Waals surface area contributed by atoms with Gasteiger partial charge in [0.25, 0.3) is 5.91 Å². The highest BCUT2D eigenvalue weighted by Gasteiger charge is 2.30. The number of nitrogens with one attached hydrogen (secondary N) is 1. The number of aromatic nitrogens is 1. The standard InChI is InChI=1S/C29H33N3O4S2/c1-17-4-6-18(7-5-17)22-14-32(2)11-10-20(22)21-13-26(38-27(21)29(34)35)19-8-9-23(25(12-19)36-3)31-28(33)24-15-37-16-30-24/h8-9,12-13,15-18H,4-7,10-11,14H2,1-3H3,(H,31,33)(H,34,35). The highest BCUT2D eigenvalue weighted by atomic mass is 32.1. The third kappa shape index (κ3) is 5.55. The molecule has 1 fully saturated rings. The predicted molar refractivity (Wildman–Crippen MR) is 153 cm³/mol. The number of hydrogen-bond donors (Lipinski definition) is 2. The molecule has 9 heteroatoms. The van der Waals surface area contributed by atoms with E-state index in [0.29, 0.717) is 27.9 Å². The van der Waals surface area contributed by atoms with Gasteiger partial charge in [-0.3, -0.25) is 4.79 Å². The Labute approximate surface area is 231 Å². The summed E-state index contributed by atoms with van der Waals surface area (Å²) in [6, 6.07) is 7.58. The molecule has 0 radical (unpaired) electrons. The minimum absolute atomic E-state index is 0.303. The zero-order valence-electron chi connectivity index (χ0n) is 22.0. The van der Waals surface area contributed by atoms with E-state index in [1.165, 1.54) is 59.5 Å². The molecule has 0 bridgehead atoms. The van der Waals surface area contributed by atoms with Crippen molar-refractivity contribution < 1.29 is 19.4 Å². The van der Waals surface area contributed by atoms with Crippen LogP contribution in [0.5, 0.6) is 5.75 Å². The number of rotatable bonds is 7. The van der Waals surface area contributed by atoms with E-state index in [4.69, 9.17) is 4.74 Å². The van der Waals surface area contributed by atoms with E-state index in [-0.39, 0.29) is 5.91 Å². The number of likely N-dealkylation sites (N-methyl/N-ethyl adjacent to an activating group) is 1. The third-order valence-electron chi connectivity index (χ3n) is 7.73. The quantitative estimate of drug-likeness (QED) is 0.338. The maximum absolute atomic E-state index is 12.5. The Bertz CT molecular complexity index is 1350. The van der Waals surface area contributed by atoms with Gasteiger partial charge in [-0.25, -0.2) is 9.78 Å². The van der Waals surface area contributed by atoms with Crippen molar-refractivity contribution in [1.82, 2.24) is 9.88 Å². The number of thiazole rings is 1. The molecule has 1 saturated carbocycles. The Morgan fingerprint density at radius 1 is 1.18 bits per heavy atom. The molecule has 5 rings (SSSR count). The zero-order chi connectivity index (χ0) is 26.8. The molecule has 1 aliphatic carbocycles. The van der Waals surface area contributed by atoms with E-state index in [1.807, 2.05) is 18.2 Å². The van der Waals surface area contributed by atoms with E-state index in [9.17, 15) is 14.7 Å². The molecule has 2 aliphatic rings. The van der Waals surface area contributed by atoms with Crippen molar-refractivity contribution in [2.24, 2.45) is 11.8 Å². The topological polar surface area (TPSA) is 91.8 Å². The number of carboxylic acid groups (broad SMARTS) is 1. The predicted octanol–water partition coefficient (Wildman–Crippen LogP) is 6.75. The van der Waals surface area contributed by atoms with Crippen molar-refractivity contribution >= 4 is 45.8 Å². The van der Waals surface area contributed by atoms with E-state index < -0.39 is 5.97 Å². The first-order valence-corrected chi connectivity index (χ1v) is 14.8. The number of nitrogens with zero attached hydrogens (tertiary/aromatic N) is 2. The molecule has 0 saturated heterocycles. The highest BCUT2D eigenvalue weighted by Crippen LogP contribution is 2.44. The summed E-state index contributed by atoms with van der Waals surface area (Å²) in [5.41, 5.74) is 6.87. The molecule has 0 unspecified atom stereocenters. The third-order valence-corrected chi connectivity index (χ3v) is 9.49. The summed E-state index contributed by atoms with van der Waals surface area (Å²) in [7, 11) is 3.71. The number of carbonyl (C=O) groups is 2. The van der Waals surface area contributed by atoms with Gasteiger partial charge in [0.15, 0.2) is 0 Å².